The summed E-state index contributed by atoms with van der Waals surface area (Å²) in [7, 11) is 0. The molecule has 3 aromatic rings. The molecule has 0 unspecified atom stereocenters. The van der Waals surface area contributed by atoms with Gasteiger partial charge in [-0.2, -0.15) is 0 Å². The molecule has 0 fully saturated rings. The van der Waals surface area contributed by atoms with Gasteiger partial charge in [-0.1, -0.05) is 12.1 Å². The molecule has 1 aromatic carbocycles. The first-order valence-electron chi connectivity index (χ1n) is 5.23. The van der Waals surface area contributed by atoms with Crippen molar-refractivity contribution in [1.82, 2.24) is 14.5 Å². The summed E-state index contributed by atoms with van der Waals surface area (Å²) in [5.74, 6) is 0. The van der Waals surface area contributed by atoms with E-state index >= 15 is 0 Å². The Kier molecular flexibility index (Phi) is 2.19. The third kappa shape index (κ3) is 1.59. The van der Waals surface area contributed by atoms with Crippen LogP contribution in [0.2, 0.25) is 0 Å². The molecule has 17 heavy (non-hydrogen) atoms. The SMILES string of the molecule is O=c1c2ccccc2ncn1-c1ccncc1. The van der Waals surface area contributed by atoms with Crippen LogP contribution in [0.5, 0.6) is 0 Å². The lowest BCUT2D eigenvalue weighted by Gasteiger charge is -2.05. The van der Waals surface area contributed by atoms with E-state index in [2.05, 4.69) is 9.97 Å². The van der Waals surface area contributed by atoms with Gasteiger partial charge in [0.2, 0.25) is 0 Å². The lowest BCUT2D eigenvalue weighted by atomic mass is 10.2. The molecule has 2 heterocycles. The molecule has 0 aliphatic carbocycles. The van der Waals surface area contributed by atoms with Crippen molar-refractivity contribution in [2.24, 2.45) is 0 Å². The zero-order valence-electron chi connectivity index (χ0n) is 8.95. The van der Waals surface area contributed by atoms with Crippen LogP contribution in [0, 0.1) is 0 Å². The van der Waals surface area contributed by atoms with Crippen LogP contribution >= 0.6 is 0 Å². The third-order valence-electron chi connectivity index (χ3n) is 2.61. The second kappa shape index (κ2) is 3.83. The van der Waals surface area contributed by atoms with Gasteiger partial charge in [0.1, 0.15) is 6.33 Å². The topological polar surface area (TPSA) is 47.8 Å². The van der Waals surface area contributed by atoms with Gasteiger partial charge in [0.15, 0.2) is 0 Å². The van der Waals surface area contributed by atoms with Crippen molar-refractivity contribution in [3.05, 3.63) is 65.5 Å². The van der Waals surface area contributed by atoms with Crippen LogP contribution in [0.25, 0.3) is 16.6 Å². The highest BCUT2D eigenvalue weighted by Gasteiger charge is 2.04. The van der Waals surface area contributed by atoms with E-state index in [-0.39, 0.29) is 5.56 Å². The Morgan fingerprint density at radius 3 is 2.59 bits per heavy atom. The van der Waals surface area contributed by atoms with Gasteiger partial charge in [-0.15, -0.1) is 0 Å². The molecule has 82 valence electrons. The highest BCUT2D eigenvalue weighted by Crippen LogP contribution is 2.07. The van der Waals surface area contributed by atoms with Crippen LogP contribution in [-0.4, -0.2) is 14.5 Å². The van der Waals surface area contributed by atoms with Crippen molar-refractivity contribution in [3.63, 3.8) is 0 Å². The maximum Gasteiger partial charge on any atom is 0.265 e. The van der Waals surface area contributed by atoms with Gasteiger partial charge < -0.3 is 0 Å². The van der Waals surface area contributed by atoms with Gasteiger partial charge in [-0.3, -0.25) is 14.3 Å². The number of fused-ring (bicyclic) bond motifs is 1. The van der Waals surface area contributed by atoms with Gasteiger partial charge in [-0.25, -0.2) is 4.98 Å². The second-order valence-corrected chi connectivity index (χ2v) is 3.64. The normalized spacial score (nSPS) is 10.6. The fourth-order valence-corrected chi connectivity index (χ4v) is 1.76. The molecule has 0 spiro atoms. The number of benzene rings is 1. The summed E-state index contributed by atoms with van der Waals surface area (Å²) in [4.78, 5) is 20.4. The fourth-order valence-electron chi connectivity index (χ4n) is 1.76. The molecule has 0 saturated heterocycles. The molecule has 0 N–H and O–H groups in total. The molecule has 4 heteroatoms. The van der Waals surface area contributed by atoms with E-state index in [0.717, 1.165) is 5.69 Å². The Morgan fingerprint density at radius 1 is 1.00 bits per heavy atom. The summed E-state index contributed by atoms with van der Waals surface area (Å²) in [5.41, 5.74) is 1.41. The minimum absolute atomic E-state index is 0.0678. The molecule has 3 rings (SSSR count). The van der Waals surface area contributed by atoms with E-state index in [1.807, 2.05) is 18.2 Å². The maximum absolute atomic E-state index is 12.2. The van der Waals surface area contributed by atoms with E-state index in [1.165, 1.54) is 4.57 Å². The summed E-state index contributed by atoms with van der Waals surface area (Å²) in [5, 5.41) is 0.617. The largest absolute Gasteiger partial charge is 0.268 e. The van der Waals surface area contributed by atoms with E-state index < -0.39 is 0 Å². The van der Waals surface area contributed by atoms with Crippen LogP contribution in [0.3, 0.4) is 0 Å². The summed E-state index contributed by atoms with van der Waals surface area (Å²) in [6, 6.07) is 10.9. The van der Waals surface area contributed by atoms with Gasteiger partial charge in [0, 0.05) is 12.4 Å². The Hall–Kier alpha value is -2.49. The van der Waals surface area contributed by atoms with E-state index in [1.54, 1.807) is 36.9 Å². The first kappa shape index (κ1) is 9.72. The quantitative estimate of drug-likeness (QED) is 0.631. The van der Waals surface area contributed by atoms with Crippen LogP contribution < -0.4 is 5.56 Å². The molecular weight excluding hydrogens is 214 g/mol. The number of para-hydroxylation sites is 1. The molecule has 0 atom stereocenters. The number of aromatic nitrogens is 3. The molecule has 0 bridgehead atoms. The smallest absolute Gasteiger partial charge is 0.265 e. The zero-order chi connectivity index (χ0) is 11.7. The highest BCUT2D eigenvalue weighted by atomic mass is 16.1. The minimum atomic E-state index is -0.0678. The first-order chi connectivity index (χ1) is 8.36. The average Bonchev–Trinajstić information content (AvgIpc) is 2.40. The minimum Gasteiger partial charge on any atom is -0.268 e. The molecule has 0 aliphatic rings. The first-order valence-corrected chi connectivity index (χ1v) is 5.23. The van der Waals surface area contributed by atoms with Crippen molar-refractivity contribution >= 4 is 10.9 Å². The Morgan fingerprint density at radius 2 is 1.76 bits per heavy atom. The number of rotatable bonds is 1. The zero-order valence-corrected chi connectivity index (χ0v) is 8.95. The van der Waals surface area contributed by atoms with E-state index in [4.69, 9.17) is 0 Å². The molecular formula is C13H9N3O. The Balaban J connectivity index is 2.33. The van der Waals surface area contributed by atoms with Crippen LogP contribution in [0.15, 0.2) is 59.9 Å². The molecule has 2 aromatic heterocycles. The van der Waals surface area contributed by atoms with Gasteiger partial charge >= 0.3 is 0 Å². The second-order valence-electron chi connectivity index (χ2n) is 3.64. The lowest BCUT2D eigenvalue weighted by molar-refractivity contribution is 0.958. The van der Waals surface area contributed by atoms with Crippen LogP contribution in [-0.2, 0) is 0 Å². The number of pyridine rings is 1. The van der Waals surface area contributed by atoms with Crippen molar-refractivity contribution < 1.29 is 0 Å². The Labute approximate surface area is 97.2 Å². The van der Waals surface area contributed by atoms with Crippen LogP contribution in [0.4, 0.5) is 0 Å². The fraction of sp³-hybridized carbons (Fsp3) is 0. The van der Waals surface area contributed by atoms with Crippen molar-refractivity contribution in [2.75, 3.05) is 0 Å². The molecule has 0 amide bonds. The molecule has 0 aliphatic heterocycles. The van der Waals surface area contributed by atoms with Gasteiger partial charge in [-0.05, 0) is 24.3 Å². The lowest BCUT2D eigenvalue weighted by Crippen LogP contribution is -2.18. The number of hydrogen-bond donors (Lipinski definition) is 0. The third-order valence-corrected chi connectivity index (χ3v) is 2.61. The monoisotopic (exact) mass is 223 g/mol. The maximum atomic E-state index is 12.2. The van der Waals surface area contributed by atoms with Crippen molar-refractivity contribution in [1.29, 1.82) is 0 Å². The van der Waals surface area contributed by atoms with Crippen LogP contribution in [0.1, 0.15) is 0 Å². The molecule has 4 nitrogen and oxygen atoms in total. The average molecular weight is 223 g/mol. The predicted octanol–water partition coefficient (Wildman–Crippen LogP) is 1.78. The van der Waals surface area contributed by atoms with Gasteiger partial charge in [0.25, 0.3) is 5.56 Å². The summed E-state index contributed by atoms with van der Waals surface area (Å²) in [6.45, 7) is 0. The number of nitrogens with zero attached hydrogens (tertiary/aromatic N) is 3. The molecule has 0 saturated carbocycles. The molecule has 0 radical (unpaired) electrons. The summed E-state index contributed by atoms with van der Waals surface area (Å²) < 4.78 is 1.52. The van der Waals surface area contributed by atoms with Gasteiger partial charge in [0.05, 0.1) is 16.6 Å². The summed E-state index contributed by atoms with van der Waals surface area (Å²) in [6.07, 6.45) is 4.84. The number of hydrogen-bond acceptors (Lipinski definition) is 3. The van der Waals surface area contributed by atoms with Crippen molar-refractivity contribution in [3.8, 4) is 5.69 Å². The highest BCUT2D eigenvalue weighted by molar-refractivity contribution is 5.77. The Bertz CT molecular complexity index is 719. The van der Waals surface area contributed by atoms with E-state index in [0.29, 0.717) is 10.9 Å². The predicted molar refractivity (Wildman–Crippen MR) is 65.1 cm³/mol. The van der Waals surface area contributed by atoms with E-state index in [9.17, 15) is 4.79 Å². The standard InChI is InChI=1S/C13H9N3O/c17-13-11-3-1-2-4-12(11)15-9-16(13)10-5-7-14-8-6-10/h1-9H. The summed E-state index contributed by atoms with van der Waals surface area (Å²) >= 11 is 0. The van der Waals surface area contributed by atoms with Crippen molar-refractivity contribution in [2.45, 2.75) is 0 Å².